The Morgan fingerprint density at radius 3 is 2.63 bits per heavy atom. The van der Waals surface area contributed by atoms with E-state index in [4.69, 9.17) is 21.1 Å². The Labute approximate surface area is 191 Å². The number of aromatic nitrogens is 4. The summed E-state index contributed by atoms with van der Waals surface area (Å²) in [6, 6.07) is 13.6. The Morgan fingerprint density at radius 2 is 1.93 bits per heavy atom. The number of tetrazole rings is 1. The minimum absolute atomic E-state index is 0. The van der Waals surface area contributed by atoms with Crippen LogP contribution in [0.25, 0.3) is 0 Å². The van der Waals surface area contributed by atoms with Crippen LogP contribution in [0.2, 0.25) is 5.02 Å². The molecule has 0 unspecified atom stereocenters. The van der Waals surface area contributed by atoms with Gasteiger partial charge in [0.2, 0.25) is 5.16 Å². The van der Waals surface area contributed by atoms with E-state index in [-0.39, 0.29) is 12.4 Å². The number of hydrogen-bond donors (Lipinski definition) is 1. The van der Waals surface area contributed by atoms with Crippen molar-refractivity contribution in [1.29, 1.82) is 0 Å². The van der Waals surface area contributed by atoms with Gasteiger partial charge >= 0.3 is 0 Å². The molecule has 1 N–H and O–H groups in total. The fourth-order valence-corrected chi connectivity index (χ4v) is 3.52. The predicted octanol–water partition coefficient (Wildman–Crippen LogP) is 4.14. The highest BCUT2D eigenvalue weighted by Crippen LogP contribution is 2.32. The number of thioether (sulfide) groups is 1. The molecule has 1 heterocycles. The number of para-hydroxylation sites is 1. The lowest BCUT2D eigenvalue weighted by Gasteiger charge is -2.16. The highest BCUT2D eigenvalue weighted by Gasteiger charge is 2.12. The van der Waals surface area contributed by atoms with Gasteiger partial charge < -0.3 is 14.8 Å². The first kappa shape index (κ1) is 24.3. The van der Waals surface area contributed by atoms with E-state index in [0.717, 1.165) is 40.1 Å². The molecule has 3 aromatic rings. The van der Waals surface area contributed by atoms with Gasteiger partial charge in [-0.2, -0.15) is 0 Å². The molecule has 0 aliphatic heterocycles. The molecule has 0 saturated carbocycles. The van der Waals surface area contributed by atoms with Gasteiger partial charge in [-0.15, -0.1) is 17.5 Å². The smallest absolute Gasteiger partial charge is 0.209 e. The van der Waals surface area contributed by atoms with Gasteiger partial charge in [0.25, 0.3) is 0 Å². The van der Waals surface area contributed by atoms with E-state index < -0.39 is 0 Å². The number of rotatable bonds is 11. The summed E-state index contributed by atoms with van der Waals surface area (Å²) < 4.78 is 13.6. The number of ether oxygens (including phenoxy) is 2. The van der Waals surface area contributed by atoms with E-state index in [1.807, 2.05) is 56.4 Å². The van der Waals surface area contributed by atoms with Crippen LogP contribution in [0.1, 0.15) is 18.1 Å². The van der Waals surface area contributed by atoms with E-state index >= 15 is 0 Å². The molecule has 162 valence electrons. The second-order valence-electron chi connectivity index (χ2n) is 6.20. The minimum Gasteiger partial charge on any atom is -0.490 e. The van der Waals surface area contributed by atoms with Crippen molar-refractivity contribution in [2.24, 2.45) is 7.05 Å². The molecule has 0 amide bonds. The Bertz CT molecular complexity index is 908. The van der Waals surface area contributed by atoms with Gasteiger partial charge in [0, 0.05) is 36.5 Å². The van der Waals surface area contributed by atoms with Crippen LogP contribution in [0.15, 0.2) is 47.6 Å². The molecule has 10 heteroatoms. The topological polar surface area (TPSA) is 74.1 Å². The third kappa shape index (κ3) is 7.05. The monoisotopic (exact) mass is 469 g/mol. The number of hydrogen-bond acceptors (Lipinski definition) is 7. The molecule has 3 rings (SSSR count). The average Bonchev–Trinajstić information content (AvgIpc) is 3.13. The maximum atomic E-state index is 6.14. The first-order valence-electron chi connectivity index (χ1n) is 9.35. The summed E-state index contributed by atoms with van der Waals surface area (Å²) in [7, 11) is 1.83. The lowest BCUT2D eigenvalue weighted by molar-refractivity contribution is 0.266. The summed E-state index contributed by atoms with van der Waals surface area (Å²) in [5.41, 5.74) is 2.10. The summed E-state index contributed by atoms with van der Waals surface area (Å²) in [5.74, 6) is 2.38. The molecule has 0 bridgehead atoms. The van der Waals surface area contributed by atoms with E-state index in [1.165, 1.54) is 0 Å². The Morgan fingerprint density at radius 1 is 1.13 bits per heavy atom. The van der Waals surface area contributed by atoms with Gasteiger partial charge in [0.05, 0.1) is 6.61 Å². The fraction of sp³-hybridized carbons (Fsp3) is 0.350. The van der Waals surface area contributed by atoms with Crippen molar-refractivity contribution in [2.75, 3.05) is 18.9 Å². The molecule has 30 heavy (non-hydrogen) atoms. The third-order valence-corrected chi connectivity index (χ3v) is 5.33. The van der Waals surface area contributed by atoms with Crippen molar-refractivity contribution in [3.05, 3.63) is 58.6 Å². The Balaban J connectivity index is 0.00000320. The van der Waals surface area contributed by atoms with Crippen LogP contribution >= 0.6 is 35.8 Å². The Kier molecular flexibility index (Phi) is 10.2. The van der Waals surface area contributed by atoms with Gasteiger partial charge in [0.15, 0.2) is 11.5 Å². The highest BCUT2D eigenvalue weighted by molar-refractivity contribution is 7.99. The number of benzene rings is 2. The zero-order valence-corrected chi connectivity index (χ0v) is 19.3. The quantitative estimate of drug-likeness (QED) is 0.334. The zero-order chi connectivity index (χ0) is 20.5. The van der Waals surface area contributed by atoms with Crippen LogP contribution in [-0.2, 0) is 20.2 Å². The third-order valence-electron chi connectivity index (χ3n) is 4.06. The van der Waals surface area contributed by atoms with E-state index in [9.17, 15) is 0 Å². The van der Waals surface area contributed by atoms with Crippen LogP contribution < -0.4 is 14.8 Å². The molecule has 0 fully saturated rings. The van der Waals surface area contributed by atoms with Crippen molar-refractivity contribution >= 4 is 35.8 Å². The summed E-state index contributed by atoms with van der Waals surface area (Å²) in [6.07, 6.45) is 0. The molecular formula is C20H25Cl2N5O2S. The van der Waals surface area contributed by atoms with Gasteiger partial charge in [0.1, 0.15) is 6.61 Å². The normalized spacial score (nSPS) is 10.5. The first-order chi connectivity index (χ1) is 14.2. The molecule has 0 aliphatic carbocycles. The Hall–Kier alpha value is -2.00. The lowest BCUT2D eigenvalue weighted by atomic mass is 10.1. The number of aryl methyl sites for hydroxylation is 1. The van der Waals surface area contributed by atoms with Crippen molar-refractivity contribution in [2.45, 2.75) is 25.2 Å². The summed E-state index contributed by atoms with van der Waals surface area (Å²) >= 11 is 7.57. The molecule has 1 aromatic heterocycles. The van der Waals surface area contributed by atoms with Crippen LogP contribution in [0, 0.1) is 0 Å². The highest BCUT2D eigenvalue weighted by atomic mass is 35.5. The number of nitrogens with zero attached hydrogens (tertiary/aromatic N) is 4. The van der Waals surface area contributed by atoms with Crippen molar-refractivity contribution < 1.29 is 9.47 Å². The molecular weight excluding hydrogens is 445 g/mol. The second kappa shape index (κ2) is 12.6. The predicted molar refractivity (Wildman–Crippen MR) is 122 cm³/mol. The standard InChI is InChI=1S/C20H24ClN5O2S.ClH/c1-3-27-18-6-4-5-16(13-22-11-12-29-20-23-24-25-26(20)2)19(18)28-14-15-7-9-17(21)10-8-15;/h4-10,22H,3,11-14H2,1-2H3;1H. The molecule has 0 spiro atoms. The molecule has 0 saturated heterocycles. The summed E-state index contributed by atoms with van der Waals surface area (Å²) in [5, 5.41) is 16.4. The summed E-state index contributed by atoms with van der Waals surface area (Å²) in [4.78, 5) is 0. The van der Waals surface area contributed by atoms with E-state index in [2.05, 4.69) is 20.8 Å². The van der Waals surface area contributed by atoms with Gasteiger partial charge in [-0.3, -0.25) is 0 Å². The number of halogens is 2. The van der Waals surface area contributed by atoms with Crippen molar-refractivity contribution in [1.82, 2.24) is 25.5 Å². The van der Waals surface area contributed by atoms with Crippen LogP contribution in [0.4, 0.5) is 0 Å². The molecule has 2 aromatic carbocycles. The first-order valence-corrected chi connectivity index (χ1v) is 10.7. The maximum absolute atomic E-state index is 6.14. The van der Waals surface area contributed by atoms with Gasteiger partial charge in [-0.25, -0.2) is 4.68 Å². The second-order valence-corrected chi connectivity index (χ2v) is 7.70. The van der Waals surface area contributed by atoms with Crippen LogP contribution in [0.5, 0.6) is 11.5 Å². The van der Waals surface area contributed by atoms with Crippen molar-refractivity contribution in [3.63, 3.8) is 0 Å². The average molecular weight is 470 g/mol. The zero-order valence-electron chi connectivity index (χ0n) is 16.9. The largest absolute Gasteiger partial charge is 0.490 e. The molecule has 7 nitrogen and oxygen atoms in total. The van der Waals surface area contributed by atoms with Gasteiger partial charge in [-0.05, 0) is 41.1 Å². The van der Waals surface area contributed by atoms with Crippen LogP contribution in [-0.4, -0.2) is 39.1 Å². The van der Waals surface area contributed by atoms with E-state index in [0.29, 0.717) is 24.8 Å². The number of nitrogens with one attached hydrogen (secondary N) is 1. The SMILES string of the molecule is CCOc1cccc(CNCCSc2nnnn2C)c1OCc1ccc(Cl)cc1.Cl. The molecule has 0 atom stereocenters. The molecule has 0 aliphatic rings. The summed E-state index contributed by atoms with van der Waals surface area (Å²) in [6.45, 7) is 4.48. The lowest BCUT2D eigenvalue weighted by Crippen LogP contribution is -2.17. The minimum atomic E-state index is 0. The maximum Gasteiger partial charge on any atom is 0.209 e. The fourth-order valence-electron chi connectivity index (χ4n) is 2.65. The van der Waals surface area contributed by atoms with Crippen LogP contribution in [0.3, 0.4) is 0 Å². The van der Waals surface area contributed by atoms with Crippen molar-refractivity contribution in [3.8, 4) is 11.5 Å². The van der Waals surface area contributed by atoms with E-state index in [1.54, 1.807) is 16.4 Å². The van der Waals surface area contributed by atoms with Gasteiger partial charge in [-0.1, -0.05) is 47.6 Å². The molecule has 0 radical (unpaired) electrons.